The highest BCUT2D eigenvalue weighted by atomic mass is 16.2. The van der Waals surface area contributed by atoms with E-state index in [1.54, 1.807) is 0 Å². The van der Waals surface area contributed by atoms with Crippen LogP contribution < -0.4 is 11.1 Å². The number of nitrogens with zero attached hydrogens (tertiary/aromatic N) is 2. The van der Waals surface area contributed by atoms with Crippen molar-refractivity contribution in [1.29, 1.82) is 0 Å². The normalized spacial score (nSPS) is 14.9. The van der Waals surface area contributed by atoms with Gasteiger partial charge in [0.2, 0.25) is 11.7 Å². The predicted molar refractivity (Wildman–Crippen MR) is 49.9 cm³/mol. The minimum atomic E-state index is -0.596. The fourth-order valence-electron chi connectivity index (χ4n) is 1.16. The average Bonchev–Trinajstić information content (AvgIpc) is 2.93. The molecule has 0 aliphatic heterocycles. The first-order chi connectivity index (χ1) is 7.16. The monoisotopic (exact) mass is 209 g/mol. The third kappa shape index (κ3) is 2.30. The first kappa shape index (κ1) is 9.63. The Morgan fingerprint density at radius 1 is 1.53 bits per heavy atom. The number of carbonyl (C=O) groups excluding carboxylic acids is 2. The summed E-state index contributed by atoms with van der Waals surface area (Å²) in [7, 11) is 0. The SMILES string of the molecule is NC(=O)CNC(=O)c1n[nH]c(C2CC2)n1. The van der Waals surface area contributed by atoms with Crippen molar-refractivity contribution in [3.8, 4) is 0 Å². The second kappa shape index (κ2) is 3.68. The number of nitrogens with two attached hydrogens (primary N) is 1. The van der Waals surface area contributed by atoms with E-state index in [1.807, 2.05) is 0 Å². The zero-order valence-corrected chi connectivity index (χ0v) is 7.99. The summed E-state index contributed by atoms with van der Waals surface area (Å²) >= 11 is 0. The largest absolute Gasteiger partial charge is 0.368 e. The summed E-state index contributed by atoms with van der Waals surface area (Å²) < 4.78 is 0. The minimum Gasteiger partial charge on any atom is -0.368 e. The van der Waals surface area contributed by atoms with Crippen molar-refractivity contribution in [2.75, 3.05) is 6.54 Å². The smallest absolute Gasteiger partial charge is 0.291 e. The number of hydrogen-bond acceptors (Lipinski definition) is 4. The van der Waals surface area contributed by atoms with Gasteiger partial charge in [-0.05, 0) is 12.8 Å². The van der Waals surface area contributed by atoms with Crippen LogP contribution in [0.15, 0.2) is 0 Å². The van der Waals surface area contributed by atoms with Crippen LogP contribution in [0.1, 0.15) is 35.2 Å². The molecule has 4 N–H and O–H groups in total. The number of H-pyrrole nitrogens is 1. The van der Waals surface area contributed by atoms with Crippen LogP contribution in [0, 0.1) is 0 Å². The molecule has 0 saturated heterocycles. The number of aromatic nitrogens is 3. The lowest BCUT2D eigenvalue weighted by Crippen LogP contribution is -2.33. The van der Waals surface area contributed by atoms with E-state index in [0.29, 0.717) is 5.92 Å². The van der Waals surface area contributed by atoms with Crippen LogP contribution in [0.25, 0.3) is 0 Å². The van der Waals surface area contributed by atoms with Gasteiger partial charge in [0.05, 0.1) is 6.54 Å². The molecule has 0 radical (unpaired) electrons. The van der Waals surface area contributed by atoms with Crippen molar-refractivity contribution in [2.24, 2.45) is 5.73 Å². The molecule has 1 aromatic rings. The van der Waals surface area contributed by atoms with E-state index in [4.69, 9.17) is 5.73 Å². The molecular formula is C8H11N5O2. The van der Waals surface area contributed by atoms with Crippen LogP contribution in [0.4, 0.5) is 0 Å². The van der Waals surface area contributed by atoms with E-state index in [-0.39, 0.29) is 12.4 Å². The molecule has 1 aromatic heterocycles. The van der Waals surface area contributed by atoms with Gasteiger partial charge in [0, 0.05) is 5.92 Å². The van der Waals surface area contributed by atoms with E-state index in [0.717, 1.165) is 18.7 Å². The molecule has 0 unspecified atom stereocenters. The molecule has 7 nitrogen and oxygen atoms in total. The third-order valence-electron chi connectivity index (χ3n) is 2.09. The van der Waals surface area contributed by atoms with Crippen LogP contribution in [0.5, 0.6) is 0 Å². The van der Waals surface area contributed by atoms with Gasteiger partial charge >= 0.3 is 0 Å². The summed E-state index contributed by atoms with van der Waals surface area (Å²) in [5.74, 6) is 0.116. The molecule has 80 valence electrons. The van der Waals surface area contributed by atoms with Gasteiger partial charge in [-0.1, -0.05) is 0 Å². The van der Waals surface area contributed by atoms with Gasteiger partial charge in [-0.15, -0.1) is 5.10 Å². The Bertz CT molecular complexity index is 395. The highest BCUT2D eigenvalue weighted by Crippen LogP contribution is 2.37. The Kier molecular flexibility index (Phi) is 2.36. The highest BCUT2D eigenvalue weighted by Gasteiger charge is 2.28. The van der Waals surface area contributed by atoms with Crippen molar-refractivity contribution in [3.63, 3.8) is 0 Å². The maximum absolute atomic E-state index is 11.3. The lowest BCUT2D eigenvalue weighted by atomic mass is 10.4. The summed E-state index contributed by atoms with van der Waals surface area (Å²) in [6.07, 6.45) is 2.16. The molecule has 2 amide bonds. The Labute approximate surface area is 85.4 Å². The van der Waals surface area contributed by atoms with Crippen LogP contribution in [0.3, 0.4) is 0 Å². The number of carbonyl (C=O) groups is 2. The Balaban J connectivity index is 1.95. The fourth-order valence-corrected chi connectivity index (χ4v) is 1.16. The minimum absolute atomic E-state index is 0.0538. The predicted octanol–water partition coefficient (Wildman–Crippen LogP) is -1.10. The number of amides is 2. The van der Waals surface area contributed by atoms with Crippen molar-refractivity contribution in [3.05, 3.63) is 11.6 Å². The number of hydrogen-bond donors (Lipinski definition) is 3. The Hall–Kier alpha value is -1.92. The maximum Gasteiger partial charge on any atom is 0.291 e. The molecule has 15 heavy (non-hydrogen) atoms. The molecule has 1 saturated carbocycles. The molecule has 1 aliphatic carbocycles. The number of primary amides is 1. The molecule has 1 fully saturated rings. The summed E-state index contributed by atoms with van der Waals surface area (Å²) in [5.41, 5.74) is 4.88. The summed E-state index contributed by atoms with van der Waals surface area (Å²) in [6.45, 7) is -0.202. The summed E-state index contributed by atoms with van der Waals surface area (Å²) in [6, 6.07) is 0. The Morgan fingerprint density at radius 2 is 2.27 bits per heavy atom. The van der Waals surface area contributed by atoms with Gasteiger partial charge in [-0.3, -0.25) is 14.7 Å². The molecular weight excluding hydrogens is 198 g/mol. The van der Waals surface area contributed by atoms with E-state index in [2.05, 4.69) is 20.5 Å². The molecule has 0 atom stereocenters. The first-order valence-electron chi connectivity index (χ1n) is 4.65. The van der Waals surface area contributed by atoms with Crippen LogP contribution in [-0.2, 0) is 4.79 Å². The second-order valence-corrected chi connectivity index (χ2v) is 3.47. The quantitative estimate of drug-likeness (QED) is 0.583. The zero-order chi connectivity index (χ0) is 10.8. The van der Waals surface area contributed by atoms with Gasteiger partial charge in [0.25, 0.3) is 5.91 Å². The first-order valence-corrected chi connectivity index (χ1v) is 4.65. The van der Waals surface area contributed by atoms with Crippen molar-refractivity contribution in [2.45, 2.75) is 18.8 Å². The molecule has 7 heteroatoms. The molecule has 0 aromatic carbocycles. The fraction of sp³-hybridized carbons (Fsp3) is 0.500. The topological polar surface area (TPSA) is 114 Å². The van der Waals surface area contributed by atoms with Crippen LogP contribution >= 0.6 is 0 Å². The van der Waals surface area contributed by atoms with E-state index in [9.17, 15) is 9.59 Å². The zero-order valence-electron chi connectivity index (χ0n) is 7.99. The number of nitrogens with one attached hydrogen (secondary N) is 2. The number of aromatic amines is 1. The van der Waals surface area contributed by atoms with Gasteiger partial charge in [-0.25, -0.2) is 4.98 Å². The van der Waals surface area contributed by atoms with E-state index < -0.39 is 11.8 Å². The van der Waals surface area contributed by atoms with Crippen molar-refractivity contribution in [1.82, 2.24) is 20.5 Å². The van der Waals surface area contributed by atoms with Gasteiger partial charge in [-0.2, -0.15) is 0 Å². The third-order valence-corrected chi connectivity index (χ3v) is 2.09. The molecule has 1 aliphatic rings. The van der Waals surface area contributed by atoms with Gasteiger partial charge < -0.3 is 11.1 Å². The van der Waals surface area contributed by atoms with Crippen molar-refractivity contribution < 1.29 is 9.59 Å². The molecule has 2 rings (SSSR count). The number of rotatable bonds is 4. The molecule has 0 spiro atoms. The molecule has 1 heterocycles. The lowest BCUT2D eigenvalue weighted by molar-refractivity contribution is -0.117. The maximum atomic E-state index is 11.3. The van der Waals surface area contributed by atoms with Gasteiger partial charge in [0.15, 0.2) is 0 Å². The van der Waals surface area contributed by atoms with Crippen LogP contribution in [0.2, 0.25) is 0 Å². The summed E-state index contributed by atoms with van der Waals surface area (Å²) in [4.78, 5) is 25.8. The average molecular weight is 209 g/mol. The standard InChI is InChI=1S/C8H11N5O2/c9-5(14)3-10-8(15)7-11-6(12-13-7)4-1-2-4/h4H,1-3H2,(H2,9,14)(H,10,15)(H,11,12,13). The summed E-state index contributed by atoms with van der Waals surface area (Å²) in [5, 5.41) is 8.77. The Morgan fingerprint density at radius 3 is 2.87 bits per heavy atom. The highest BCUT2D eigenvalue weighted by molar-refractivity contribution is 5.93. The van der Waals surface area contributed by atoms with E-state index >= 15 is 0 Å². The van der Waals surface area contributed by atoms with Crippen molar-refractivity contribution >= 4 is 11.8 Å². The van der Waals surface area contributed by atoms with Crippen LogP contribution in [-0.4, -0.2) is 33.5 Å². The lowest BCUT2D eigenvalue weighted by Gasteiger charge is -1.96. The second-order valence-electron chi connectivity index (χ2n) is 3.47. The van der Waals surface area contributed by atoms with Gasteiger partial charge in [0.1, 0.15) is 5.82 Å². The van der Waals surface area contributed by atoms with E-state index in [1.165, 1.54) is 0 Å². The molecule has 0 bridgehead atoms.